The standard InChI is InChI=1S/C16H19B3N6O2/c1-9-4-7-24(12(26)2-5-20)8-11(9)25(16(18,19)27)14-10-3-6-21-13(10)22-15(17)23-14/h3,6,9,11,14,21,27H,2,4,7-8H2,1H3,(H,22,23). The van der Waals surface area contributed by atoms with Crippen molar-refractivity contribution in [3.63, 3.8) is 0 Å². The first-order valence-electron chi connectivity index (χ1n) is 8.73. The zero-order valence-corrected chi connectivity index (χ0v) is 15.1. The van der Waals surface area contributed by atoms with Crippen LogP contribution >= 0.6 is 0 Å². The van der Waals surface area contributed by atoms with Crippen LogP contribution in [-0.2, 0) is 4.79 Å². The minimum Gasteiger partial charge on any atom is -0.395 e. The van der Waals surface area contributed by atoms with Crippen molar-refractivity contribution < 1.29 is 9.90 Å². The number of piperidine rings is 1. The van der Waals surface area contributed by atoms with Crippen LogP contribution < -0.4 is 5.32 Å². The summed E-state index contributed by atoms with van der Waals surface area (Å²) < 4.78 is 0. The maximum Gasteiger partial charge on any atom is 0.236 e. The van der Waals surface area contributed by atoms with E-state index in [1.54, 1.807) is 17.2 Å². The molecule has 1 saturated heterocycles. The summed E-state index contributed by atoms with van der Waals surface area (Å²) in [5, 5.41) is 22.3. The Morgan fingerprint density at radius 3 is 3.00 bits per heavy atom. The summed E-state index contributed by atoms with van der Waals surface area (Å²) in [6.45, 7) is 2.81. The number of aromatic amines is 1. The number of nitrogens with one attached hydrogen (secondary N) is 2. The first kappa shape index (κ1) is 19.6. The summed E-state index contributed by atoms with van der Waals surface area (Å²) in [6, 6.07) is 3.29. The summed E-state index contributed by atoms with van der Waals surface area (Å²) in [4.78, 5) is 22.7. The average Bonchev–Trinajstić information content (AvgIpc) is 3.04. The van der Waals surface area contributed by atoms with E-state index in [1.165, 1.54) is 4.90 Å². The third-order valence-corrected chi connectivity index (χ3v) is 5.11. The van der Waals surface area contributed by atoms with Crippen LogP contribution in [0.25, 0.3) is 0 Å². The number of amides is 1. The van der Waals surface area contributed by atoms with Gasteiger partial charge in [-0.3, -0.25) is 14.7 Å². The van der Waals surface area contributed by atoms with Crippen molar-refractivity contribution in [3.8, 4) is 6.07 Å². The van der Waals surface area contributed by atoms with Crippen LogP contribution in [0, 0.1) is 17.2 Å². The molecule has 3 heterocycles. The Bertz CT molecular complexity index is 784. The van der Waals surface area contributed by atoms with Crippen molar-refractivity contribution in [2.24, 2.45) is 10.9 Å². The number of nitriles is 1. The zero-order chi connectivity index (χ0) is 19.8. The Hall–Kier alpha value is -2.18. The highest BCUT2D eigenvalue weighted by atomic mass is 16.3. The molecule has 11 heteroatoms. The SMILES string of the molecule is [B]C1=NC(N(C2CN(C(=O)CC#N)CCC2C)C([B])([B])O)c2cc[nH]c2N1. The molecule has 6 radical (unpaired) electrons. The lowest BCUT2D eigenvalue weighted by Gasteiger charge is -2.51. The van der Waals surface area contributed by atoms with Crippen LogP contribution in [0.4, 0.5) is 5.82 Å². The smallest absolute Gasteiger partial charge is 0.236 e. The molecule has 0 aromatic carbocycles. The molecule has 0 spiro atoms. The summed E-state index contributed by atoms with van der Waals surface area (Å²) in [7, 11) is 17.7. The molecule has 1 aromatic rings. The highest BCUT2D eigenvalue weighted by Gasteiger charge is 2.43. The van der Waals surface area contributed by atoms with E-state index in [1.807, 2.05) is 13.0 Å². The number of fused-ring (bicyclic) bond motifs is 1. The van der Waals surface area contributed by atoms with E-state index in [2.05, 4.69) is 15.3 Å². The van der Waals surface area contributed by atoms with E-state index in [9.17, 15) is 9.90 Å². The van der Waals surface area contributed by atoms with E-state index < -0.39 is 11.7 Å². The van der Waals surface area contributed by atoms with E-state index in [4.69, 9.17) is 28.8 Å². The number of aliphatic imine (C=N–C) groups is 1. The molecule has 3 rings (SSSR count). The van der Waals surface area contributed by atoms with Crippen molar-refractivity contribution in [3.05, 3.63) is 17.8 Å². The largest absolute Gasteiger partial charge is 0.395 e. The van der Waals surface area contributed by atoms with Gasteiger partial charge in [0.25, 0.3) is 0 Å². The summed E-state index contributed by atoms with van der Waals surface area (Å²) >= 11 is 0. The van der Waals surface area contributed by atoms with Gasteiger partial charge in [0.1, 0.15) is 34.1 Å². The van der Waals surface area contributed by atoms with Gasteiger partial charge >= 0.3 is 0 Å². The number of aromatic nitrogens is 1. The summed E-state index contributed by atoms with van der Waals surface area (Å²) in [6.07, 6.45) is 1.47. The second-order valence-electron chi connectivity index (χ2n) is 7.02. The first-order chi connectivity index (χ1) is 12.7. The van der Waals surface area contributed by atoms with Crippen molar-refractivity contribution >= 4 is 41.0 Å². The molecule has 1 fully saturated rings. The number of carbonyl (C=O) groups is 1. The number of anilines is 1. The normalized spacial score (nSPS) is 25.3. The third-order valence-electron chi connectivity index (χ3n) is 5.11. The predicted molar refractivity (Wildman–Crippen MR) is 103 cm³/mol. The molecule has 3 atom stereocenters. The molecule has 2 aliphatic rings. The Morgan fingerprint density at radius 2 is 2.33 bits per heavy atom. The Labute approximate surface area is 162 Å². The molecule has 2 aliphatic heterocycles. The van der Waals surface area contributed by atoms with Gasteiger partial charge in [-0.05, 0) is 18.4 Å². The molecule has 1 aromatic heterocycles. The van der Waals surface area contributed by atoms with E-state index in [0.29, 0.717) is 18.8 Å². The van der Waals surface area contributed by atoms with Crippen LogP contribution in [0.5, 0.6) is 0 Å². The Morgan fingerprint density at radius 1 is 1.59 bits per heavy atom. The van der Waals surface area contributed by atoms with Gasteiger partial charge in [-0.15, -0.1) is 0 Å². The van der Waals surface area contributed by atoms with Gasteiger partial charge in [0.2, 0.25) is 5.91 Å². The maximum atomic E-state index is 12.2. The lowest BCUT2D eigenvalue weighted by atomic mass is 9.69. The number of likely N-dealkylation sites (tertiary alicyclic amines) is 1. The van der Waals surface area contributed by atoms with E-state index in [-0.39, 0.29) is 36.6 Å². The van der Waals surface area contributed by atoms with Gasteiger partial charge in [0.05, 0.1) is 6.07 Å². The van der Waals surface area contributed by atoms with Gasteiger partial charge in [-0.2, -0.15) is 5.26 Å². The number of nitrogens with zero attached hydrogens (tertiary/aromatic N) is 4. The monoisotopic (exact) mass is 360 g/mol. The second-order valence-corrected chi connectivity index (χ2v) is 7.02. The van der Waals surface area contributed by atoms with Crippen molar-refractivity contribution in [1.82, 2.24) is 14.8 Å². The maximum absolute atomic E-state index is 12.2. The molecular weight excluding hydrogens is 341 g/mol. The number of rotatable bonds is 4. The molecule has 134 valence electrons. The highest BCUT2D eigenvalue weighted by molar-refractivity contribution is 6.62. The van der Waals surface area contributed by atoms with Gasteiger partial charge in [-0.1, -0.05) is 6.92 Å². The van der Waals surface area contributed by atoms with Gasteiger partial charge < -0.3 is 20.3 Å². The Balaban J connectivity index is 1.96. The van der Waals surface area contributed by atoms with E-state index >= 15 is 0 Å². The lowest BCUT2D eigenvalue weighted by Crippen LogP contribution is -2.63. The lowest BCUT2D eigenvalue weighted by molar-refractivity contribution is -0.136. The number of amidine groups is 1. The van der Waals surface area contributed by atoms with Crippen molar-refractivity contribution in [2.75, 3.05) is 18.4 Å². The van der Waals surface area contributed by atoms with Crippen LogP contribution in [0.3, 0.4) is 0 Å². The quantitative estimate of drug-likeness (QED) is 0.489. The fourth-order valence-electron chi connectivity index (χ4n) is 3.74. The molecular formula is C16H19B3N6O2. The molecule has 0 bridgehead atoms. The number of hydrogen-bond donors (Lipinski definition) is 3. The molecule has 27 heavy (non-hydrogen) atoms. The average molecular weight is 360 g/mol. The van der Waals surface area contributed by atoms with Crippen LogP contribution in [0.15, 0.2) is 17.3 Å². The zero-order valence-electron chi connectivity index (χ0n) is 15.1. The van der Waals surface area contributed by atoms with Crippen molar-refractivity contribution in [2.45, 2.75) is 37.5 Å². The first-order valence-corrected chi connectivity index (χ1v) is 8.73. The van der Waals surface area contributed by atoms with Gasteiger partial charge in [-0.25, -0.2) is 0 Å². The Kier molecular flexibility index (Phi) is 5.40. The predicted octanol–water partition coefficient (Wildman–Crippen LogP) is -0.643. The molecule has 8 nitrogen and oxygen atoms in total. The fourth-order valence-corrected chi connectivity index (χ4v) is 3.74. The topological polar surface area (TPSA) is 108 Å². The second kappa shape index (κ2) is 7.45. The summed E-state index contributed by atoms with van der Waals surface area (Å²) in [5.41, 5.74) is -1.31. The van der Waals surface area contributed by atoms with Gasteiger partial charge in [0.15, 0.2) is 7.85 Å². The molecule has 0 saturated carbocycles. The summed E-state index contributed by atoms with van der Waals surface area (Å²) in [5.74, 6) is 0.452. The van der Waals surface area contributed by atoms with Crippen LogP contribution in [-0.4, -0.2) is 79.7 Å². The molecule has 3 N–H and O–H groups in total. The van der Waals surface area contributed by atoms with Crippen LogP contribution in [0.1, 0.15) is 31.5 Å². The minimum atomic E-state index is -2.19. The third kappa shape index (κ3) is 3.92. The number of carbonyl (C=O) groups excluding carboxylic acids is 1. The van der Waals surface area contributed by atoms with Crippen molar-refractivity contribution in [1.29, 1.82) is 5.26 Å². The fraction of sp³-hybridized carbons (Fsp3) is 0.562. The number of H-pyrrole nitrogens is 1. The van der Waals surface area contributed by atoms with E-state index in [0.717, 1.165) is 5.56 Å². The molecule has 0 aliphatic carbocycles. The van der Waals surface area contributed by atoms with Crippen LogP contribution in [0.2, 0.25) is 0 Å². The molecule has 3 unspecified atom stereocenters. The number of hydrogen-bond acceptors (Lipinski definition) is 6. The number of aliphatic hydroxyl groups is 1. The van der Waals surface area contributed by atoms with Gasteiger partial charge in [0, 0.05) is 42.2 Å². The minimum absolute atomic E-state index is 0.0727. The highest BCUT2D eigenvalue weighted by Crippen LogP contribution is 2.38. The molecule has 1 amide bonds.